The molecule has 2 heterocycles. The van der Waals surface area contributed by atoms with Gasteiger partial charge in [0.15, 0.2) is 0 Å². The first-order chi connectivity index (χ1) is 10.7. The van der Waals surface area contributed by atoms with Crippen molar-refractivity contribution in [3.63, 3.8) is 0 Å². The standard InChI is InChI=1S/C15H20N4O3S/c1-8-6-19(15(22)17-14(8)21)7-12(20)18(5)9(2)13-10(3)23-11(4)16-13/h6,9H,7H2,1-5H3,(H,17,21,22)/t9-/m1/s1. The average Bonchev–Trinajstić information content (AvgIpc) is 2.81. The maximum absolute atomic E-state index is 12.4. The van der Waals surface area contributed by atoms with E-state index < -0.39 is 11.2 Å². The number of H-pyrrole nitrogens is 1. The van der Waals surface area contributed by atoms with Gasteiger partial charge < -0.3 is 4.90 Å². The van der Waals surface area contributed by atoms with Gasteiger partial charge in [0, 0.05) is 23.7 Å². The van der Waals surface area contributed by atoms with Gasteiger partial charge in [-0.3, -0.25) is 19.1 Å². The number of amides is 1. The minimum atomic E-state index is -0.587. The van der Waals surface area contributed by atoms with Crippen molar-refractivity contribution < 1.29 is 4.79 Å². The van der Waals surface area contributed by atoms with Crippen LogP contribution in [0.3, 0.4) is 0 Å². The lowest BCUT2D eigenvalue weighted by Crippen LogP contribution is -2.38. The van der Waals surface area contributed by atoms with Crippen molar-refractivity contribution in [2.24, 2.45) is 0 Å². The highest BCUT2D eigenvalue weighted by atomic mass is 32.1. The summed E-state index contributed by atoms with van der Waals surface area (Å²) in [5.41, 5.74) is 0.233. The summed E-state index contributed by atoms with van der Waals surface area (Å²) >= 11 is 1.59. The molecule has 0 saturated carbocycles. The average molecular weight is 336 g/mol. The third kappa shape index (κ3) is 3.58. The Morgan fingerprint density at radius 3 is 2.61 bits per heavy atom. The number of aryl methyl sites for hydroxylation is 3. The second-order valence-electron chi connectivity index (χ2n) is 5.55. The summed E-state index contributed by atoms with van der Waals surface area (Å²) in [6, 6.07) is -0.188. The Morgan fingerprint density at radius 1 is 1.39 bits per heavy atom. The number of thiazole rings is 1. The van der Waals surface area contributed by atoms with E-state index in [0.717, 1.165) is 15.6 Å². The van der Waals surface area contributed by atoms with Crippen molar-refractivity contribution >= 4 is 17.2 Å². The SMILES string of the molecule is Cc1nc([C@@H](C)N(C)C(=O)Cn2cc(C)c(=O)[nH]c2=O)c(C)s1. The van der Waals surface area contributed by atoms with E-state index in [1.165, 1.54) is 10.8 Å². The summed E-state index contributed by atoms with van der Waals surface area (Å²) < 4.78 is 1.21. The molecule has 0 radical (unpaired) electrons. The zero-order valence-electron chi connectivity index (χ0n) is 13.8. The molecular weight excluding hydrogens is 316 g/mol. The minimum Gasteiger partial charge on any atom is -0.336 e. The molecule has 1 atom stereocenters. The number of likely N-dealkylation sites (N-methyl/N-ethyl adjacent to an activating group) is 1. The fourth-order valence-corrected chi connectivity index (χ4v) is 3.23. The molecular formula is C15H20N4O3S. The Bertz CT molecular complexity index is 849. The first-order valence-corrected chi connectivity index (χ1v) is 8.02. The van der Waals surface area contributed by atoms with E-state index >= 15 is 0 Å². The van der Waals surface area contributed by atoms with E-state index in [-0.39, 0.29) is 18.5 Å². The summed E-state index contributed by atoms with van der Waals surface area (Å²) in [6.07, 6.45) is 1.40. The van der Waals surface area contributed by atoms with Gasteiger partial charge in [-0.2, -0.15) is 0 Å². The zero-order chi connectivity index (χ0) is 17.3. The Labute approximate surface area is 137 Å². The molecule has 0 saturated heterocycles. The first-order valence-electron chi connectivity index (χ1n) is 7.20. The van der Waals surface area contributed by atoms with Crippen LogP contribution in [-0.2, 0) is 11.3 Å². The summed E-state index contributed by atoms with van der Waals surface area (Å²) in [5.74, 6) is -0.226. The lowest BCUT2D eigenvalue weighted by atomic mass is 10.2. The van der Waals surface area contributed by atoms with Crippen LogP contribution >= 0.6 is 11.3 Å². The molecule has 0 bridgehead atoms. The largest absolute Gasteiger partial charge is 0.336 e. The second-order valence-corrected chi connectivity index (χ2v) is 6.96. The number of carbonyl (C=O) groups excluding carboxylic acids is 1. The second kappa shape index (κ2) is 6.49. The number of rotatable bonds is 4. The van der Waals surface area contributed by atoms with E-state index in [2.05, 4.69) is 9.97 Å². The van der Waals surface area contributed by atoms with E-state index in [0.29, 0.717) is 5.56 Å². The third-order valence-electron chi connectivity index (χ3n) is 3.80. The van der Waals surface area contributed by atoms with Gasteiger partial charge >= 0.3 is 5.69 Å². The minimum absolute atomic E-state index is 0.126. The predicted molar refractivity (Wildman–Crippen MR) is 88.8 cm³/mol. The van der Waals surface area contributed by atoms with Crippen LogP contribution in [0.2, 0.25) is 0 Å². The predicted octanol–water partition coefficient (Wildman–Crippen LogP) is 1.14. The van der Waals surface area contributed by atoms with Crippen molar-refractivity contribution in [3.05, 3.63) is 48.2 Å². The molecule has 0 aliphatic heterocycles. The van der Waals surface area contributed by atoms with Gasteiger partial charge in [0.1, 0.15) is 6.54 Å². The molecule has 0 aliphatic carbocycles. The van der Waals surface area contributed by atoms with Gasteiger partial charge in [-0.05, 0) is 27.7 Å². The number of hydrogen-bond acceptors (Lipinski definition) is 5. The van der Waals surface area contributed by atoms with Gasteiger partial charge in [0.2, 0.25) is 5.91 Å². The highest BCUT2D eigenvalue weighted by Crippen LogP contribution is 2.26. The van der Waals surface area contributed by atoms with Crippen LogP contribution in [0.25, 0.3) is 0 Å². The third-order valence-corrected chi connectivity index (χ3v) is 4.71. The molecule has 0 aromatic carbocycles. The lowest BCUT2D eigenvalue weighted by Gasteiger charge is -2.24. The van der Waals surface area contributed by atoms with E-state index in [4.69, 9.17) is 0 Å². The first kappa shape index (κ1) is 17.1. The van der Waals surface area contributed by atoms with Crippen molar-refractivity contribution in [1.82, 2.24) is 19.4 Å². The van der Waals surface area contributed by atoms with Crippen molar-refractivity contribution in [2.45, 2.75) is 40.3 Å². The molecule has 7 nitrogen and oxygen atoms in total. The van der Waals surface area contributed by atoms with Crippen LogP contribution in [0.1, 0.15) is 34.1 Å². The zero-order valence-corrected chi connectivity index (χ0v) is 14.7. The van der Waals surface area contributed by atoms with Gasteiger partial charge in [-0.15, -0.1) is 11.3 Å². The quantitative estimate of drug-likeness (QED) is 0.907. The smallest absolute Gasteiger partial charge is 0.328 e. The normalized spacial score (nSPS) is 12.2. The molecule has 0 aliphatic rings. The fourth-order valence-electron chi connectivity index (χ4n) is 2.33. The Kier molecular flexibility index (Phi) is 4.84. The number of nitrogens with one attached hydrogen (secondary N) is 1. The highest BCUT2D eigenvalue weighted by Gasteiger charge is 2.22. The maximum Gasteiger partial charge on any atom is 0.328 e. The molecule has 0 unspecified atom stereocenters. The molecule has 1 amide bonds. The van der Waals surface area contributed by atoms with E-state index in [9.17, 15) is 14.4 Å². The number of hydrogen-bond donors (Lipinski definition) is 1. The van der Waals surface area contributed by atoms with Crippen molar-refractivity contribution in [2.75, 3.05) is 7.05 Å². The Hall–Kier alpha value is -2.22. The molecule has 2 aromatic rings. The molecule has 0 fully saturated rings. The van der Waals surface area contributed by atoms with Gasteiger partial charge in [-0.1, -0.05) is 0 Å². The van der Waals surface area contributed by atoms with Crippen LogP contribution in [-0.4, -0.2) is 32.4 Å². The van der Waals surface area contributed by atoms with E-state index in [1.807, 2.05) is 20.8 Å². The highest BCUT2D eigenvalue weighted by molar-refractivity contribution is 7.11. The maximum atomic E-state index is 12.4. The Balaban J connectivity index is 2.20. The summed E-state index contributed by atoms with van der Waals surface area (Å²) in [6.45, 7) is 7.27. The molecule has 0 spiro atoms. The number of nitrogens with zero attached hydrogens (tertiary/aromatic N) is 3. The topological polar surface area (TPSA) is 88.1 Å². The molecule has 2 rings (SSSR count). The number of carbonyl (C=O) groups is 1. The molecule has 23 heavy (non-hydrogen) atoms. The van der Waals surface area contributed by atoms with Crippen LogP contribution in [0.15, 0.2) is 15.8 Å². The van der Waals surface area contributed by atoms with Gasteiger partial charge in [0.25, 0.3) is 5.56 Å². The van der Waals surface area contributed by atoms with E-state index in [1.54, 1.807) is 30.2 Å². The molecule has 124 valence electrons. The Morgan fingerprint density at radius 2 is 2.04 bits per heavy atom. The number of aromatic amines is 1. The van der Waals surface area contributed by atoms with Crippen LogP contribution < -0.4 is 11.2 Å². The lowest BCUT2D eigenvalue weighted by molar-refractivity contribution is -0.132. The van der Waals surface area contributed by atoms with Crippen LogP contribution in [0, 0.1) is 20.8 Å². The van der Waals surface area contributed by atoms with Gasteiger partial charge in [-0.25, -0.2) is 9.78 Å². The van der Waals surface area contributed by atoms with Crippen LogP contribution in [0.4, 0.5) is 0 Å². The van der Waals surface area contributed by atoms with Crippen LogP contribution in [0.5, 0.6) is 0 Å². The molecule has 2 aromatic heterocycles. The number of aromatic nitrogens is 3. The van der Waals surface area contributed by atoms with Crippen molar-refractivity contribution in [1.29, 1.82) is 0 Å². The fraction of sp³-hybridized carbons (Fsp3) is 0.467. The summed E-state index contributed by atoms with van der Waals surface area (Å²) in [7, 11) is 1.69. The summed E-state index contributed by atoms with van der Waals surface area (Å²) in [4.78, 5) is 44.9. The summed E-state index contributed by atoms with van der Waals surface area (Å²) in [5, 5.41) is 0.956. The van der Waals surface area contributed by atoms with Gasteiger partial charge in [0.05, 0.1) is 16.7 Å². The monoisotopic (exact) mass is 336 g/mol. The molecule has 8 heteroatoms. The molecule has 1 N–H and O–H groups in total. The van der Waals surface area contributed by atoms with Crippen molar-refractivity contribution in [3.8, 4) is 0 Å².